The van der Waals surface area contributed by atoms with Gasteiger partial charge in [-0.05, 0) is 24.6 Å². The topological polar surface area (TPSA) is 42.9 Å². The van der Waals surface area contributed by atoms with Gasteiger partial charge >= 0.3 is 0 Å². The lowest BCUT2D eigenvalue weighted by Gasteiger charge is -2.07. The van der Waals surface area contributed by atoms with Crippen LogP contribution >= 0.6 is 11.6 Å². The molecule has 20 heavy (non-hydrogen) atoms. The number of nitrogens with zero attached hydrogens (tertiary/aromatic N) is 2. The molecule has 0 amide bonds. The maximum Gasteiger partial charge on any atom is 0.197 e. The van der Waals surface area contributed by atoms with Crippen molar-refractivity contribution in [2.45, 2.75) is 6.92 Å². The van der Waals surface area contributed by atoms with E-state index in [1.54, 1.807) is 18.5 Å². The Morgan fingerprint density at radius 2 is 1.95 bits per heavy atom. The van der Waals surface area contributed by atoms with E-state index in [-0.39, 0.29) is 10.9 Å². The van der Waals surface area contributed by atoms with E-state index in [1.165, 1.54) is 0 Å². The molecule has 1 aromatic carbocycles. The molecule has 96 valence electrons. The molecule has 4 heteroatoms. The molecule has 0 spiro atoms. The highest BCUT2D eigenvalue weighted by atomic mass is 35.5. The molecular weight excluding hydrogens is 272 g/mol. The van der Waals surface area contributed by atoms with Crippen LogP contribution in [-0.2, 0) is 0 Å². The molecule has 4 rings (SSSR count). The summed E-state index contributed by atoms with van der Waals surface area (Å²) in [7, 11) is 0. The van der Waals surface area contributed by atoms with Crippen molar-refractivity contribution in [3.63, 3.8) is 0 Å². The highest BCUT2D eigenvalue weighted by Crippen LogP contribution is 2.43. The molecule has 1 aliphatic rings. The Morgan fingerprint density at radius 1 is 1.10 bits per heavy atom. The number of aryl methyl sites for hydroxylation is 1. The minimum atomic E-state index is -0.0719. The van der Waals surface area contributed by atoms with Crippen LogP contribution in [-0.4, -0.2) is 15.8 Å². The van der Waals surface area contributed by atoms with Gasteiger partial charge in [-0.2, -0.15) is 0 Å². The number of fused-ring (bicyclic) bond motifs is 5. The predicted molar refractivity (Wildman–Crippen MR) is 78.2 cm³/mol. The van der Waals surface area contributed by atoms with Gasteiger partial charge in [-0.15, -0.1) is 0 Å². The van der Waals surface area contributed by atoms with E-state index in [1.807, 2.05) is 25.1 Å². The second kappa shape index (κ2) is 3.87. The standard InChI is InChI=1S/C16H9ClN2O/c1-8-2-3-10-12(6-8)19-16(17)14-13(10)11-7-18-5-4-9(11)15(14)20/h2-7H,1H3. The van der Waals surface area contributed by atoms with Crippen molar-refractivity contribution in [2.75, 3.05) is 0 Å². The van der Waals surface area contributed by atoms with Gasteiger partial charge in [0, 0.05) is 34.5 Å². The quantitative estimate of drug-likeness (QED) is 0.460. The van der Waals surface area contributed by atoms with E-state index in [0.717, 1.165) is 27.6 Å². The van der Waals surface area contributed by atoms with Crippen molar-refractivity contribution in [1.82, 2.24) is 9.97 Å². The van der Waals surface area contributed by atoms with Gasteiger partial charge in [0.05, 0.1) is 11.1 Å². The zero-order chi connectivity index (χ0) is 13.9. The Balaban J connectivity index is 2.23. The molecule has 0 bridgehead atoms. The first kappa shape index (κ1) is 11.6. The van der Waals surface area contributed by atoms with E-state index in [0.29, 0.717) is 11.1 Å². The number of benzene rings is 1. The fraction of sp³-hybridized carbons (Fsp3) is 0.0625. The van der Waals surface area contributed by atoms with Crippen molar-refractivity contribution in [3.8, 4) is 11.1 Å². The first-order valence-electron chi connectivity index (χ1n) is 6.26. The van der Waals surface area contributed by atoms with Crippen molar-refractivity contribution in [3.05, 3.63) is 58.5 Å². The zero-order valence-corrected chi connectivity index (χ0v) is 11.4. The number of pyridine rings is 2. The van der Waals surface area contributed by atoms with E-state index in [9.17, 15) is 4.79 Å². The molecule has 0 N–H and O–H groups in total. The summed E-state index contributed by atoms with van der Waals surface area (Å²) >= 11 is 6.23. The van der Waals surface area contributed by atoms with Gasteiger partial charge in [0.1, 0.15) is 5.15 Å². The summed E-state index contributed by atoms with van der Waals surface area (Å²) in [5.74, 6) is -0.0719. The van der Waals surface area contributed by atoms with Crippen LogP contribution in [0.3, 0.4) is 0 Å². The van der Waals surface area contributed by atoms with E-state index in [4.69, 9.17) is 11.6 Å². The van der Waals surface area contributed by atoms with Gasteiger partial charge in [0.2, 0.25) is 0 Å². The number of aromatic nitrogens is 2. The average molecular weight is 281 g/mol. The molecular formula is C16H9ClN2O. The second-order valence-corrected chi connectivity index (χ2v) is 5.28. The maximum absolute atomic E-state index is 12.5. The van der Waals surface area contributed by atoms with Gasteiger partial charge in [-0.3, -0.25) is 9.78 Å². The monoisotopic (exact) mass is 280 g/mol. The number of hydrogen-bond donors (Lipinski definition) is 0. The van der Waals surface area contributed by atoms with Crippen molar-refractivity contribution >= 4 is 28.3 Å². The number of hydrogen-bond acceptors (Lipinski definition) is 3. The van der Waals surface area contributed by atoms with Crippen LogP contribution in [0, 0.1) is 6.92 Å². The van der Waals surface area contributed by atoms with Crippen molar-refractivity contribution in [2.24, 2.45) is 0 Å². The fourth-order valence-electron chi connectivity index (χ4n) is 2.76. The van der Waals surface area contributed by atoms with Crippen LogP contribution in [0.5, 0.6) is 0 Å². The van der Waals surface area contributed by atoms with E-state index >= 15 is 0 Å². The number of carbonyl (C=O) groups is 1. The third kappa shape index (κ3) is 1.38. The lowest BCUT2D eigenvalue weighted by atomic mass is 10.0. The molecule has 1 aliphatic carbocycles. The molecule has 0 atom stereocenters. The number of carbonyl (C=O) groups excluding carboxylic acids is 1. The minimum absolute atomic E-state index is 0.0719. The molecule has 0 saturated heterocycles. The average Bonchev–Trinajstić information content (AvgIpc) is 2.74. The van der Waals surface area contributed by atoms with Gasteiger partial charge in [-0.25, -0.2) is 4.98 Å². The molecule has 3 aromatic rings. The van der Waals surface area contributed by atoms with Gasteiger partial charge < -0.3 is 0 Å². The predicted octanol–water partition coefficient (Wildman–Crippen LogP) is 3.80. The second-order valence-electron chi connectivity index (χ2n) is 4.92. The van der Waals surface area contributed by atoms with Crippen LogP contribution in [0.2, 0.25) is 5.15 Å². The molecule has 0 aliphatic heterocycles. The van der Waals surface area contributed by atoms with Crippen LogP contribution in [0.15, 0.2) is 36.7 Å². The third-order valence-electron chi connectivity index (χ3n) is 3.66. The normalized spacial score (nSPS) is 12.6. The number of halogens is 1. The SMILES string of the molecule is Cc1ccc2c3c(c(Cl)nc2c1)C(=O)c1ccncc1-3. The van der Waals surface area contributed by atoms with Crippen molar-refractivity contribution in [1.29, 1.82) is 0 Å². The van der Waals surface area contributed by atoms with Gasteiger partial charge in [-0.1, -0.05) is 23.7 Å². The molecule has 2 heterocycles. The summed E-state index contributed by atoms with van der Waals surface area (Å²) in [4.78, 5) is 21.0. The van der Waals surface area contributed by atoms with Gasteiger partial charge in [0.25, 0.3) is 0 Å². The van der Waals surface area contributed by atoms with Gasteiger partial charge in [0.15, 0.2) is 5.78 Å². The smallest absolute Gasteiger partial charge is 0.197 e. The Hall–Kier alpha value is -2.26. The molecule has 0 unspecified atom stereocenters. The summed E-state index contributed by atoms with van der Waals surface area (Å²) in [6.07, 6.45) is 3.34. The Labute approximate surface area is 120 Å². The first-order valence-corrected chi connectivity index (χ1v) is 6.63. The highest BCUT2D eigenvalue weighted by molar-refractivity contribution is 6.38. The molecule has 0 radical (unpaired) electrons. The summed E-state index contributed by atoms with van der Waals surface area (Å²) in [6.45, 7) is 2.00. The lowest BCUT2D eigenvalue weighted by Crippen LogP contribution is -1.98. The van der Waals surface area contributed by atoms with Crippen molar-refractivity contribution < 1.29 is 4.79 Å². The van der Waals surface area contributed by atoms with Crippen LogP contribution in [0.1, 0.15) is 21.5 Å². The van der Waals surface area contributed by atoms with Crippen LogP contribution < -0.4 is 0 Å². The third-order valence-corrected chi connectivity index (χ3v) is 3.93. The maximum atomic E-state index is 12.5. The Kier molecular flexibility index (Phi) is 2.24. The summed E-state index contributed by atoms with van der Waals surface area (Å²) in [5, 5.41) is 1.20. The molecule has 2 aromatic heterocycles. The Bertz CT molecular complexity index is 902. The lowest BCUT2D eigenvalue weighted by molar-refractivity contribution is 0.104. The largest absolute Gasteiger partial charge is 0.288 e. The first-order chi connectivity index (χ1) is 9.66. The highest BCUT2D eigenvalue weighted by Gasteiger charge is 2.31. The summed E-state index contributed by atoms with van der Waals surface area (Å²) in [5.41, 5.74) is 4.74. The molecule has 3 nitrogen and oxygen atoms in total. The summed E-state index contributed by atoms with van der Waals surface area (Å²) < 4.78 is 0. The van der Waals surface area contributed by atoms with E-state index in [2.05, 4.69) is 9.97 Å². The number of rotatable bonds is 0. The van der Waals surface area contributed by atoms with E-state index < -0.39 is 0 Å². The zero-order valence-electron chi connectivity index (χ0n) is 10.6. The van der Waals surface area contributed by atoms with Crippen LogP contribution in [0.4, 0.5) is 0 Å². The minimum Gasteiger partial charge on any atom is -0.288 e. The van der Waals surface area contributed by atoms with Crippen LogP contribution in [0.25, 0.3) is 22.0 Å². The Morgan fingerprint density at radius 3 is 2.80 bits per heavy atom. The fourth-order valence-corrected chi connectivity index (χ4v) is 3.03. The molecule has 0 saturated carbocycles. The summed E-state index contributed by atoms with van der Waals surface area (Å²) in [6, 6.07) is 7.70. The molecule has 0 fully saturated rings. The number of ketones is 1.